The van der Waals surface area contributed by atoms with E-state index >= 15 is 0 Å². The number of nitrogens with zero attached hydrogens (tertiary/aromatic N) is 2. The van der Waals surface area contributed by atoms with E-state index in [4.69, 9.17) is 5.11 Å². The fraction of sp³-hybridized carbons (Fsp3) is 0.462. The molecule has 96 valence electrons. The Hall–Kier alpha value is -1.91. The number of amides is 1. The predicted molar refractivity (Wildman–Crippen MR) is 65.2 cm³/mol. The van der Waals surface area contributed by atoms with Crippen LogP contribution in [0.1, 0.15) is 28.9 Å². The summed E-state index contributed by atoms with van der Waals surface area (Å²) in [5, 5.41) is 9.01. The molecule has 1 saturated heterocycles. The summed E-state index contributed by atoms with van der Waals surface area (Å²) < 4.78 is 0. The van der Waals surface area contributed by atoms with Gasteiger partial charge in [0.1, 0.15) is 0 Å². The summed E-state index contributed by atoms with van der Waals surface area (Å²) in [6.07, 6.45) is 3.02. The molecule has 0 unspecified atom stereocenters. The summed E-state index contributed by atoms with van der Waals surface area (Å²) in [6.45, 7) is 2.70. The van der Waals surface area contributed by atoms with Gasteiger partial charge in [-0.3, -0.25) is 14.6 Å². The minimum Gasteiger partial charge on any atom is -0.481 e. The molecular formula is C13H16N2O3. The first-order valence-electron chi connectivity index (χ1n) is 6.03. The van der Waals surface area contributed by atoms with E-state index in [2.05, 4.69) is 4.98 Å². The van der Waals surface area contributed by atoms with E-state index in [1.807, 2.05) is 0 Å². The summed E-state index contributed by atoms with van der Waals surface area (Å²) in [6, 6.07) is 3.45. The van der Waals surface area contributed by atoms with Crippen molar-refractivity contribution in [2.75, 3.05) is 13.1 Å². The van der Waals surface area contributed by atoms with Gasteiger partial charge in [0.05, 0.1) is 11.5 Å². The molecule has 1 aromatic rings. The van der Waals surface area contributed by atoms with E-state index in [1.165, 1.54) is 0 Å². The van der Waals surface area contributed by atoms with E-state index in [9.17, 15) is 9.59 Å². The summed E-state index contributed by atoms with van der Waals surface area (Å²) in [5.74, 6) is -1.39. The molecule has 5 heteroatoms. The van der Waals surface area contributed by atoms with Gasteiger partial charge in [0.15, 0.2) is 0 Å². The molecule has 2 heterocycles. The number of carboxylic acid groups (broad SMARTS) is 1. The molecule has 1 aliphatic heterocycles. The third kappa shape index (κ3) is 2.50. The lowest BCUT2D eigenvalue weighted by atomic mass is 9.97. The van der Waals surface area contributed by atoms with E-state index in [1.54, 1.807) is 30.2 Å². The molecule has 2 rings (SSSR count). The monoisotopic (exact) mass is 248 g/mol. The second-order valence-electron chi connectivity index (χ2n) is 4.56. The lowest BCUT2D eigenvalue weighted by molar-refractivity contribution is -0.143. The Morgan fingerprint density at radius 2 is 2.28 bits per heavy atom. The molecule has 0 bridgehead atoms. The summed E-state index contributed by atoms with van der Waals surface area (Å²) in [5.41, 5.74) is 1.24. The van der Waals surface area contributed by atoms with Gasteiger partial charge in [-0.05, 0) is 31.9 Å². The van der Waals surface area contributed by atoms with Crippen LogP contribution in [0.15, 0.2) is 18.3 Å². The van der Waals surface area contributed by atoms with E-state index in [0.717, 1.165) is 6.42 Å². The maximum absolute atomic E-state index is 12.3. The topological polar surface area (TPSA) is 70.5 Å². The number of aromatic nitrogens is 1. The number of aryl methyl sites for hydroxylation is 1. The molecule has 5 nitrogen and oxygen atoms in total. The number of carbonyl (C=O) groups excluding carboxylic acids is 1. The van der Waals surface area contributed by atoms with Crippen molar-refractivity contribution in [3.05, 3.63) is 29.6 Å². The van der Waals surface area contributed by atoms with Crippen LogP contribution in [0.25, 0.3) is 0 Å². The molecule has 0 spiro atoms. The van der Waals surface area contributed by atoms with Crippen molar-refractivity contribution in [2.24, 2.45) is 5.92 Å². The minimum atomic E-state index is -0.824. The van der Waals surface area contributed by atoms with E-state index in [0.29, 0.717) is 30.8 Å². The molecule has 1 aliphatic rings. The Labute approximate surface area is 105 Å². The predicted octanol–water partition coefficient (Wildman–Crippen LogP) is 1.33. The third-order valence-electron chi connectivity index (χ3n) is 3.30. The Morgan fingerprint density at radius 1 is 1.50 bits per heavy atom. The van der Waals surface area contributed by atoms with Crippen LogP contribution in [0.2, 0.25) is 0 Å². The number of hydrogen-bond acceptors (Lipinski definition) is 3. The van der Waals surface area contributed by atoms with Crippen molar-refractivity contribution < 1.29 is 14.7 Å². The zero-order chi connectivity index (χ0) is 13.1. The maximum Gasteiger partial charge on any atom is 0.308 e. The highest BCUT2D eigenvalue weighted by Gasteiger charge is 2.29. The van der Waals surface area contributed by atoms with Crippen LogP contribution in [0.5, 0.6) is 0 Å². The highest BCUT2D eigenvalue weighted by molar-refractivity contribution is 5.95. The number of rotatable bonds is 2. The second kappa shape index (κ2) is 5.16. The third-order valence-corrected chi connectivity index (χ3v) is 3.30. The average Bonchev–Trinajstić information content (AvgIpc) is 2.38. The Balaban J connectivity index is 2.14. The number of aliphatic carboxylic acids is 1. The van der Waals surface area contributed by atoms with Gasteiger partial charge in [-0.15, -0.1) is 0 Å². The Morgan fingerprint density at radius 3 is 2.94 bits per heavy atom. The average molecular weight is 248 g/mol. The van der Waals surface area contributed by atoms with Crippen molar-refractivity contribution in [1.82, 2.24) is 9.88 Å². The number of likely N-dealkylation sites (tertiary alicyclic amines) is 1. The number of hydrogen-bond donors (Lipinski definition) is 1. The van der Waals surface area contributed by atoms with Gasteiger partial charge < -0.3 is 10.0 Å². The highest BCUT2D eigenvalue weighted by atomic mass is 16.4. The summed E-state index contributed by atoms with van der Waals surface area (Å²) in [4.78, 5) is 29.0. The van der Waals surface area contributed by atoms with Crippen LogP contribution in [0, 0.1) is 12.8 Å². The number of carbonyl (C=O) groups is 2. The lowest BCUT2D eigenvalue weighted by Crippen LogP contribution is -2.42. The van der Waals surface area contributed by atoms with Crippen LogP contribution >= 0.6 is 0 Å². The normalized spacial score (nSPS) is 19.6. The lowest BCUT2D eigenvalue weighted by Gasteiger charge is -2.31. The maximum atomic E-state index is 12.3. The Kier molecular flexibility index (Phi) is 3.60. The Bertz CT molecular complexity index is 473. The fourth-order valence-corrected chi connectivity index (χ4v) is 2.24. The first kappa shape index (κ1) is 12.5. The zero-order valence-electron chi connectivity index (χ0n) is 10.3. The molecule has 1 atom stereocenters. The highest BCUT2D eigenvalue weighted by Crippen LogP contribution is 2.19. The van der Waals surface area contributed by atoms with E-state index < -0.39 is 11.9 Å². The van der Waals surface area contributed by atoms with Crippen molar-refractivity contribution in [3.8, 4) is 0 Å². The molecular weight excluding hydrogens is 232 g/mol. The van der Waals surface area contributed by atoms with Gasteiger partial charge in [0.2, 0.25) is 0 Å². The molecule has 1 N–H and O–H groups in total. The molecule has 0 radical (unpaired) electrons. The largest absolute Gasteiger partial charge is 0.481 e. The molecule has 0 aromatic carbocycles. The molecule has 18 heavy (non-hydrogen) atoms. The van der Waals surface area contributed by atoms with Crippen molar-refractivity contribution in [1.29, 1.82) is 0 Å². The molecule has 0 aliphatic carbocycles. The first-order valence-corrected chi connectivity index (χ1v) is 6.03. The van der Waals surface area contributed by atoms with Crippen LogP contribution in [-0.4, -0.2) is 40.0 Å². The number of piperidine rings is 1. The second-order valence-corrected chi connectivity index (χ2v) is 4.56. The van der Waals surface area contributed by atoms with Crippen LogP contribution < -0.4 is 0 Å². The minimum absolute atomic E-state index is 0.119. The van der Waals surface area contributed by atoms with Crippen molar-refractivity contribution >= 4 is 11.9 Å². The van der Waals surface area contributed by atoms with Crippen molar-refractivity contribution in [3.63, 3.8) is 0 Å². The van der Waals surface area contributed by atoms with E-state index in [-0.39, 0.29) is 5.91 Å². The van der Waals surface area contributed by atoms with Gasteiger partial charge in [0.25, 0.3) is 5.91 Å². The summed E-state index contributed by atoms with van der Waals surface area (Å²) >= 11 is 0. The van der Waals surface area contributed by atoms with Gasteiger partial charge in [-0.1, -0.05) is 0 Å². The standard InChI is InChI=1S/C13H16N2O3/c1-9-11(5-2-6-14-9)12(16)15-7-3-4-10(8-15)13(17)18/h2,5-6,10H,3-4,7-8H2,1H3,(H,17,18)/t10-/m0/s1. The zero-order valence-corrected chi connectivity index (χ0v) is 10.3. The molecule has 1 aromatic heterocycles. The van der Waals surface area contributed by atoms with Gasteiger partial charge in [-0.2, -0.15) is 0 Å². The number of carboxylic acids is 1. The van der Waals surface area contributed by atoms with Crippen LogP contribution in [0.3, 0.4) is 0 Å². The van der Waals surface area contributed by atoms with Gasteiger partial charge >= 0.3 is 5.97 Å². The first-order chi connectivity index (χ1) is 8.59. The number of pyridine rings is 1. The van der Waals surface area contributed by atoms with Crippen molar-refractivity contribution in [2.45, 2.75) is 19.8 Å². The molecule has 1 amide bonds. The SMILES string of the molecule is Cc1ncccc1C(=O)N1CCC[C@H](C(=O)O)C1. The summed E-state index contributed by atoms with van der Waals surface area (Å²) in [7, 11) is 0. The molecule has 0 saturated carbocycles. The fourth-order valence-electron chi connectivity index (χ4n) is 2.24. The van der Waals surface area contributed by atoms with Gasteiger partial charge in [-0.25, -0.2) is 0 Å². The smallest absolute Gasteiger partial charge is 0.308 e. The van der Waals surface area contributed by atoms with Gasteiger partial charge in [0, 0.05) is 25.0 Å². The van der Waals surface area contributed by atoms with Crippen LogP contribution in [0.4, 0.5) is 0 Å². The molecule has 1 fully saturated rings. The quantitative estimate of drug-likeness (QED) is 0.857. The van der Waals surface area contributed by atoms with Crippen LogP contribution in [-0.2, 0) is 4.79 Å².